The molecular weight excluding hydrogens is 209 g/mol. The predicted molar refractivity (Wildman–Crippen MR) is 47.3 cm³/mol. The van der Waals surface area contributed by atoms with Gasteiger partial charge in [0.15, 0.2) is 0 Å². The average Bonchev–Trinajstić information content (AvgIpc) is 2.48. The Labute approximate surface area is 84.9 Å². The third-order valence-electron chi connectivity index (χ3n) is 1.81. The second-order valence-electron chi connectivity index (χ2n) is 3.21. The Morgan fingerprint density at radius 3 is 2.67 bits per heavy atom. The molecule has 6 heteroatoms. The van der Waals surface area contributed by atoms with E-state index in [1.807, 2.05) is 6.92 Å². The van der Waals surface area contributed by atoms with Gasteiger partial charge in [-0.15, -0.1) is 0 Å². The molecule has 1 aromatic heterocycles. The zero-order valence-electron chi connectivity index (χ0n) is 8.21. The van der Waals surface area contributed by atoms with Crippen molar-refractivity contribution in [3.63, 3.8) is 0 Å². The largest absolute Gasteiger partial charge is 0.395 e. The third kappa shape index (κ3) is 4.14. The first-order valence-corrected chi connectivity index (χ1v) is 4.50. The number of alkyl halides is 3. The molecule has 0 fully saturated rings. The maximum absolute atomic E-state index is 11.8. The number of aromatic nitrogens is 2. The number of carbonyl (C=O) groups excluding carboxylic acids is 1. The van der Waals surface area contributed by atoms with Crippen molar-refractivity contribution in [1.82, 2.24) is 9.78 Å². The molecule has 0 unspecified atom stereocenters. The molecule has 0 amide bonds. The molecule has 0 atom stereocenters. The SMILES string of the molecule is CCn1cc(CC(=O)CC(F)(F)F)cn1. The van der Waals surface area contributed by atoms with E-state index in [9.17, 15) is 18.0 Å². The van der Waals surface area contributed by atoms with Gasteiger partial charge in [0.05, 0.1) is 6.20 Å². The Bertz CT molecular complexity index is 343. The smallest absolute Gasteiger partial charge is 0.299 e. The lowest BCUT2D eigenvalue weighted by Crippen LogP contribution is -2.16. The summed E-state index contributed by atoms with van der Waals surface area (Å²) in [5.41, 5.74) is 0.520. The van der Waals surface area contributed by atoms with Crippen LogP contribution in [0.1, 0.15) is 18.9 Å². The Hall–Kier alpha value is -1.33. The minimum Gasteiger partial charge on any atom is -0.299 e. The number of rotatable bonds is 4. The minimum atomic E-state index is -4.42. The van der Waals surface area contributed by atoms with Crippen LogP contribution in [0.4, 0.5) is 13.2 Å². The Morgan fingerprint density at radius 2 is 2.20 bits per heavy atom. The van der Waals surface area contributed by atoms with Crippen molar-refractivity contribution in [2.45, 2.75) is 32.5 Å². The monoisotopic (exact) mass is 220 g/mol. The van der Waals surface area contributed by atoms with Crippen molar-refractivity contribution in [3.8, 4) is 0 Å². The number of Topliss-reactive ketones (excluding diaryl/α,β-unsaturated/α-hetero) is 1. The molecule has 0 aliphatic heterocycles. The summed E-state index contributed by atoms with van der Waals surface area (Å²) in [6.45, 7) is 2.49. The van der Waals surface area contributed by atoms with Gasteiger partial charge in [0, 0.05) is 19.2 Å². The molecule has 0 aromatic carbocycles. The van der Waals surface area contributed by atoms with E-state index in [0.29, 0.717) is 12.1 Å². The topological polar surface area (TPSA) is 34.9 Å². The summed E-state index contributed by atoms with van der Waals surface area (Å²) in [4.78, 5) is 11.0. The summed E-state index contributed by atoms with van der Waals surface area (Å²) < 4.78 is 37.1. The van der Waals surface area contributed by atoms with Crippen LogP contribution in [-0.2, 0) is 17.8 Å². The van der Waals surface area contributed by atoms with Crippen molar-refractivity contribution < 1.29 is 18.0 Å². The molecule has 1 aromatic rings. The second-order valence-corrected chi connectivity index (χ2v) is 3.21. The molecule has 15 heavy (non-hydrogen) atoms. The maximum atomic E-state index is 11.8. The molecule has 1 heterocycles. The van der Waals surface area contributed by atoms with Gasteiger partial charge < -0.3 is 0 Å². The van der Waals surface area contributed by atoms with Gasteiger partial charge in [-0.25, -0.2) is 0 Å². The highest BCUT2D eigenvalue weighted by Gasteiger charge is 2.30. The highest BCUT2D eigenvalue weighted by atomic mass is 19.4. The van der Waals surface area contributed by atoms with Crippen molar-refractivity contribution in [2.75, 3.05) is 0 Å². The van der Waals surface area contributed by atoms with Crippen LogP contribution in [0.25, 0.3) is 0 Å². The molecule has 1 rings (SSSR count). The van der Waals surface area contributed by atoms with Gasteiger partial charge in [0.25, 0.3) is 0 Å². The average molecular weight is 220 g/mol. The van der Waals surface area contributed by atoms with Crippen molar-refractivity contribution in [2.24, 2.45) is 0 Å². The van der Waals surface area contributed by atoms with Crippen LogP contribution in [0.15, 0.2) is 12.4 Å². The minimum absolute atomic E-state index is 0.209. The molecule has 84 valence electrons. The van der Waals surface area contributed by atoms with Gasteiger partial charge in [0.2, 0.25) is 0 Å². The van der Waals surface area contributed by atoms with E-state index < -0.39 is 18.4 Å². The van der Waals surface area contributed by atoms with E-state index in [4.69, 9.17) is 0 Å². The normalized spacial score (nSPS) is 11.7. The van der Waals surface area contributed by atoms with Gasteiger partial charge >= 0.3 is 6.18 Å². The first-order valence-electron chi connectivity index (χ1n) is 4.50. The van der Waals surface area contributed by atoms with Crippen LogP contribution in [0, 0.1) is 0 Å². The fraction of sp³-hybridized carbons (Fsp3) is 0.556. The van der Waals surface area contributed by atoms with Crippen LogP contribution >= 0.6 is 0 Å². The summed E-state index contributed by atoms with van der Waals surface area (Å²) in [7, 11) is 0. The van der Waals surface area contributed by atoms with E-state index in [-0.39, 0.29) is 6.42 Å². The first kappa shape index (κ1) is 11.7. The highest BCUT2D eigenvalue weighted by molar-refractivity contribution is 5.81. The zero-order valence-corrected chi connectivity index (χ0v) is 8.21. The van der Waals surface area contributed by atoms with E-state index >= 15 is 0 Å². The second kappa shape index (κ2) is 4.46. The summed E-state index contributed by atoms with van der Waals surface area (Å²) in [5, 5.41) is 3.87. The van der Waals surface area contributed by atoms with E-state index in [1.54, 1.807) is 10.9 Å². The van der Waals surface area contributed by atoms with E-state index in [1.165, 1.54) is 6.20 Å². The van der Waals surface area contributed by atoms with Crippen molar-refractivity contribution in [3.05, 3.63) is 18.0 Å². The first-order chi connectivity index (χ1) is 6.90. The lowest BCUT2D eigenvalue weighted by molar-refractivity contribution is -0.151. The fourth-order valence-electron chi connectivity index (χ4n) is 1.18. The van der Waals surface area contributed by atoms with Crippen LogP contribution in [-0.4, -0.2) is 21.7 Å². The molecule has 0 radical (unpaired) electrons. The lowest BCUT2D eigenvalue weighted by atomic mass is 10.1. The molecule has 0 bridgehead atoms. The molecular formula is C9H11F3N2O. The van der Waals surface area contributed by atoms with Crippen LogP contribution < -0.4 is 0 Å². The molecule has 0 aliphatic rings. The molecule has 0 saturated heterocycles. The molecule has 0 N–H and O–H groups in total. The summed E-state index contributed by atoms with van der Waals surface area (Å²) >= 11 is 0. The summed E-state index contributed by atoms with van der Waals surface area (Å²) in [5.74, 6) is -0.835. The predicted octanol–water partition coefficient (Wildman–Crippen LogP) is 1.97. The summed E-state index contributed by atoms with van der Waals surface area (Å²) in [6, 6.07) is 0. The van der Waals surface area contributed by atoms with E-state index in [2.05, 4.69) is 5.10 Å². The third-order valence-corrected chi connectivity index (χ3v) is 1.81. The molecule has 0 spiro atoms. The number of carbonyl (C=O) groups is 1. The standard InChI is InChI=1S/C9H11F3N2O/c1-2-14-6-7(5-13-14)3-8(15)4-9(10,11)12/h5-6H,2-4H2,1H3. The number of halogens is 3. The van der Waals surface area contributed by atoms with Gasteiger partial charge in [-0.1, -0.05) is 0 Å². The summed E-state index contributed by atoms with van der Waals surface area (Å²) in [6.07, 6.45) is -3.01. The quantitative estimate of drug-likeness (QED) is 0.777. The molecule has 3 nitrogen and oxygen atoms in total. The number of hydrogen-bond donors (Lipinski definition) is 0. The maximum Gasteiger partial charge on any atom is 0.395 e. The molecule has 0 aliphatic carbocycles. The van der Waals surface area contributed by atoms with E-state index in [0.717, 1.165) is 0 Å². The van der Waals surface area contributed by atoms with Crippen molar-refractivity contribution >= 4 is 5.78 Å². The fourth-order valence-corrected chi connectivity index (χ4v) is 1.18. The Morgan fingerprint density at radius 1 is 1.53 bits per heavy atom. The highest BCUT2D eigenvalue weighted by Crippen LogP contribution is 2.20. The number of nitrogens with zero attached hydrogens (tertiary/aromatic N) is 2. The van der Waals surface area contributed by atoms with Gasteiger partial charge in [-0.05, 0) is 12.5 Å². The zero-order chi connectivity index (χ0) is 11.5. The van der Waals surface area contributed by atoms with Crippen molar-refractivity contribution in [1.29, 1.82) is 0 Å². The van der Waals surface area contributed by atoms with Crippen LogP contribution in [0.3, 0.4) is 0 Å². The van der Waals surface area contributed by atoms with Crippen LogP contribution in [0.2, 0.25) is 0 Å². The Balaban J connectivity index is 2.51. The van der Waals surface area contributed by atoms with Gasteiger partial charge in [-0.2, -0.15) is 18.3 Å². The number of aryl methyl sites for hydroxylation is 1. The van der Waals surface area contributed by atoms with Crippen LogP contribution in [0.5, 0.6) is 0 Å². The van der Waals surface area contributed by atoms with Gasteiger partial charge in [0.1, 0.15) is 12.2 Å². The molecule has 0 saturated carbocycles. The Kier molecular flexibility index (Phi) is 3.49. The van der Waals surface area contributed by atoms with Gasteiger partial charge in [-0.3, -0.25) is 9.48 Å². The number of hydrogen-bond acceptors (Lipinski definition) is 2. The lowest BCUT2D eigenvalue weighted by Gasteiger charge is -2.03. The number of ketones is 1.